The highest BCUT2D eigenvalue weighted by Crippen LogP contribution is 2.38. The predicted molar refractivity (Wildman–Crippen MR) is 88.8 cm³/mol. The van der Waals surface area contributed by atoms with E-state index >= 15 is 0 Å². The first-order valence-electron chi connectivity index (χ1n) is 7.60. The van der Waals surface area contributed by atoms with Crippen molar-refractivity contribution < 1.29 is 9.59 Å². The highest BCUT2D eigenvalue weighted by molar-refractivity contribution is 6.30. The molecule has 0 saturated carbocycles. The molecule has 2 heterocycles. The summed E-state index contributed by atoms with van der Waals surface area (Å²) in [6, 6.07) is 11.1. The SMILES string of the molecule is O=C(NCc1ccc(Cl)cc1)c1cc2c3c(c1)CC(=O)N3CC2. The van der Waals surface area contributed by atoms with Crippen molar-refractivity contribution in [2.45, 2.75) is 19.4 Å². The molecule has 2 aromatic rings. The Morgan fingerprint density at radius 2 is 1.91 bits per heavy atom. The van der Waals surface area contributed by atoms with Gasteiger partial charge in [0, 0.05) is 23.7 Å². The standard InChI is InChI=1S/C18H15ClN2O2/c19-15-3-1-11(2-4-15)10-20-18(23)14-7-12-5-6-21-16(22)9-13(8-14)17(12)21/h1-4,7-8H,5-6,9-10H2,(H,20,23). The lowest BCUT2D eigenvalue weighted by molar-refractivity contribution is -0.117. The Labute approximate surface area is 139 Å². The molecule has 0 aromatic heterocycles. The van der Waals surface area contributed by atoms with E-state index in [0.29, 0.717) is 23.6 Å². The van der Waals surface area contributed by atoms with E-state index in [-0.39, 0.29) is 11.8 Å². The van der Waals surface area contributed by atoms with Crippen LogP contribution in [0.3, 0.4) is 0 Å². The van der Waals surface area contributed by atoms with Crippen LogP contribution in [-0.4, -0.2) is 18.4 Å². The molecular formula is C18H15ClN2O2. The second-order valence-electron chi connectivity index (χ2n) is 5.92. The van der Waals surface area contributed by atoms with Gasteiger partial charge in [-0.1, -0.05) is 23.7 Å². The van der Waals surface area contributed by atoms with Crippen molar-refractivity contribution in [1.29, 1.82) is 0 Å². The summed E-state index contributed by atoms with van der Waals surface area (Å²) in [6.07, 6.45) is 1.23. The van der Waals surface area contributed by atoms with E-state index < -0.39 is 0 Å². The van der Waals surface area contributed by atoms with Crippen LogP contribution in [0.2, 0.25) is 5.02 Å². The predicted octanol–water partition coefficient (Wildman–Crippen LogP) is 2.72. The maximum atomic E-state index is 12.4. The van der Waals surface area contributed by atoms with Crippen LogP contribution >= 0.6 is 11.6 Å². The van der Waals surface area contributed by atoms with Gasteiger partial charge in [-0.2, -0.15) is 0 Å². The number of nitrogens with one attached hydrogen (secondary N) is 1. The zero-order valence-corrected chi connectivity index (χ0v) is 13.2. The third-order valence-corrected chi connectivity index (χ3v) is 4.67. The molecule has 4 rings (SSSR count). The summed E-state index contributed by atoms with van der Waals surface area (Å²) < 4.78 is 0. The Bertz CT molecular complexity index is 815. The maximum Gasteiger partial charge on any atom is 0.251 e. The number of carbonyl (C=O) groups excluding carboxylic acids is 2. The van der Waals surface area contributed by atoms with Crippen LogP contribution in [0, 0.1) is 0 Å². The Morgan fingerprint density at radius 1 is 1.17 bits per heavy atom. The van der Waals surface area contributed by atoms with Gasteiger partial charge in [-0.15, -0.1) is 0 Å². The fraction of sp³-hybridized carbons (Fsp3) is 0.222. The van der Waals surface area contributed by atoms with Gasteiger partial charge in [0.2, 0.25) is 5.91 Å². The van der Waals surface area contributed by atoms with Crippen LogP contribution < -0.4 is 10.2 Å². The molecule has 23 heavy (non-hydrogen) atoms. The lowest BCUT2D eigenvalue weighted by Gasteiger charge is -2.10. The van der Waals surface area contributed by atoms with Crippen molar-refractivity contribution in [2.24, 2.45) is 0 Å². The smallest absolute Gasteiger partial charge is 0.251 e. The molecule has 0 spiro atoms. The molecule has 1 N–H and O–H groups in total. The molecule has 116 valence electrons. The Hall–Kier alpha value is -2.33. The first-order chi connectivity index (χ1) is 11.1. The fourth-order valence-corrected chi connectivity index (χ4v) is 3.43. The number of carbonyl (C=O) groups is 2. The fourth-order valence-electron chi connectivity index (χ4n) is 3.30. The summed E-state index contributed by atoms with van der Waals surface area (Å²) in [7, 11) is 0. The van der Waals surface area contributed by atoms with Crippen LogP contribution in [0.25, 0.3) is 0 Å². The molecule has 0 bridgehead atoms. The van der Waals surface area contributed by atoms with E-state index in [2.05, 4.69) is 5.32 Å². The molecule has 0 atom stereocenters. The first kappa shape index (κ1) is 14.3. The average Bonchev–Trinajstić information content (AvgIpc) is 3.11. The number of hydrogen-bond donors (Lipinski definition) is 1. The van der Waals surface area contributed by atoms with Crippen LogP contribution in [-0.2, 0) is 24.2 Å². The molecule has 0 saturated heterocycles. The Balaban J connectivity index is 1.53. The van der Waals surface area contributed by atoms with Crippen LogP contribution in [0.15, 0.2) is 36.4 Å². The summed E-state index contributed by atoms with van der Waals surface area (Å²) in [5.74, 6) is 0.0225. The van der Waals surface area contributed by atoms with Crippen molar-refractivity contribution in [3.05, 3.63) is 63.7 Å². The number of nitrogens with zero attached hydrogens (tertiary/aromatic N) is 1. The van der Waals surface area contributed by atoms with Gasteiger partial charge in [0.15, 0.2) is 0 Å². The van der Waals surface area contributed by atoms with E-state index in [1.165, 1.54) is 0 Å². The van der Waals surface area contributed by atoms with Gasteiger partial charge in [-0.05, 0) is 47.4 Å². The van der Waals surface area contributed by atoms with Gasteiger partial charge in [-0.25, -0.2) is 0 Å². The van der Waals surface area contributed by atoms with E-state index in [1.807, 2.05) is 29.2 Å². The quantitative estimate of drug-likeness (QED) is 0.943. The molecule has 2 aromatic carbocycles. The third-order valence-electron chi connectivity index (χ3n) is 4.41. The van der Waals surface area contributed by atoms with Crippen molar-refractivity contribution in [1.82, 2.24) is 5.32 Å². The summed E-state index contributed by atoms with van der Waals surface area (Å²) in [5, 5.41) is 3.60. The minimum Gasteiger partial charge on any atom is -0.348 e. The van der Waals surface area contributed by atoms with Gasteiger partial charge in [0.25, 0.3) is 5.91 Å². The van der Waals surface area contributed by atoms with Gasteiger partial charge >= 0.3 is 0 Å². The number of halogens is 1. The Kier molecular flexibility index (Phi) is 3.34. The number of benzene rings is 2. The zero-order chi connectivity index (χ0) is 16.0. The second kappa shape index (κ2) is 5.39. The van der Waals surface area contributed by atoms with Gasteiger partial charge in [-0.3, -0.25) is 9.59 Å². The number of rotatable bonds is 3. The van der Waals surface area contributed by atoms with Crippen LogP contribution in [0.1, 0.15) is 27.0 Å². The third kappa shape index (κ3) is 2.49. The number of anilines is 1. The summed E-state index contributed by atoms with van der Waals surface area (Å²) in [6.45, 7) is 1.19. The minimum absolute atomic E-state index is 0.114. The van der Waals surface area contributed by atoms with E-state index in [9.17, 15) is 9.59 Å². The van der Waals surface area contributed by atoms with E-state index in [0.717, 1.165) is 35.3 Å². The van der Waals surface area contributed by atoms with Gasteiger partial charge in [0.05, 0.1) is 12.1 Å². The normalized spacial score (nSPS) is 15.0. The molecule has 0 aliphatic carbocycles. The van der Waals surface area contributed by atoms with Gasteiger partial charge < -0.3 is 10.2 Å². The average molecular weight is 327 g/mol. The molecule has 5 heteroatoms. The topological polar surface area (TPSA) is 49.4 Å². The lowest BCUT2D eigenvalue weighted by Crippen LogP contribution is -2.24. The molecule has 0 unspecified atom stereocenters. The zero-order valence-electron chi connectivity index (χ0n) is 12.4. The molecule has 2 aliphatic rings. The molecular weight excluding hydrogens is 312 g/mol. The van der Waals surface area contributed by atoms with Crippen molar-refractivity contribution in [3.63, 3.8) is 0 Å². The van der Waals surface area contributed by atoms with E-state index in [1.54, 1.807) is 12.1 Å². The second-order valence-corrected chi connectivity index (χ2v) is 6.36. The number of hydrogen-bond acceptors (Lipinski definition) is 2. The molecule has 4 nitrogen and oxygen atoms in total. The van der Waals surface area contributed by atoms with E-state index in [4.69, 9.17) is 11.6 Å². The minimum atomic E-state index is -0.114. The monoisotopic (exact) mass is 326 g/mol. The van der Waals surface area contributed by atoms with Crippen molar-refractivity contribution in [3.8, 4) is 0 Å². The van der Waals surface area contributed by atoms with Crippen LogP contribution in [0.4, 0.5) is 5.69 Å². The molecule has 2 aliphatic heterocycles. The van der Waals surface area contributed by atoms with Crippen LogP contribution in [0.5, 0.6) is 0 Å². The summed E-state index contributed by atoms with van der Waals surface area (Å²) >= 11 is 5.85. The maximum absolute atomic E-state index is 12.4. The summed E-state index contributed by atoms with van der Waals surface area (Å²) in [4.78, 5) is 26.2. The molecule has 0 radical (unpaired) electrons. The summed E-state index contributed by atoms with van der Waals surface area (Å²) in [5.41, 5.74) is 4.73. The molecule has 2 amide bonds. The van der Waals surface area contributed by atoms with Gasteiger partial charge in [0.1, 0.15) is 0 Å². The largest absolute Gasteiger partial charge is 0.348 e. The highest BCUT2D eigenvalue weighted by Gasteiger charge is 2.34. The Morgan fingerprint density at radius 3 is 2.70 bits per heavy atom. The molecule has 0 fully saturated rings. The van der Waals surface area contributed by atoms with Crippen molar-refractivity contribution >= 4 is 29.1 Å². The lowest BCUT2D eigenvalue weighted by atomic mass is 10.0. The first-order valence-corrected chi connectivity index (χ1v) is 7.98. The number of amides is 2. The van der Waals surface area contributed by atoms with Crippen molar-refractivity contribution in [2.75, 3.05) is 11.4 Å². The highest BCUT2D eigenvalue weighted by atomic mass is 35.5.